The summed E-state index contributed by atoms with van der Waals surface area (Å²) in [7, 11) is 0. The smallest absolute Gasteiger partial charge is 0.205 e. The van der Waals surface area contributed by atoms with Crippen molar-refractivity contribution in [2.75, 3.05) is 5.73 Å². The Morgan fingerprint density at radius 3 is 2.50 bits per heavy atom. The van der Waals surface area contributed by atoms with E-state index in [4.69, 9.17) is 5.73 Å². The van der Waals surface area contributed by atoms with Crippen LogP contribution in [0.2, 0.25) is 0 Å². The van der Waals surface area contributed by atoms with Gasteiger partial charge in [-0.1, -0.05) is 29.8 Å². The molecule has 2 N–H and O–H groups in total. The lowest BCUT2D eigenvalue weighted by Gasteiger charge is -2.03. The highest BCUT2D eigenvalue weighted by molar-refractivity contribution is 9.10. The summed E-state index contributed by atoms with van der Waals surface area (Å²) in [5.41, 5.74) is 8.34. The molecule has 2 aromatic heterocycles. The zero-order valence-corrected chi connectivity index (χ0v) is 14.7. The number of carbonyl (C=O) groups excluding carboxylic acids is 1. The maximum absolute atomic E-state index is 12.7. The molecule has 0 aliphatic heterocycles. The number of ketones is 1. The summed E-state index contributed by atoms with van der Waals surface area (Å²) in [6.45, 7) is 4.19. The highest BCUT2D eigenvalue weighted by Crippen LogP contribution is 2.35. The van der Waals surface area contributed by atoms with Crippen molar-refractivity contribution in [2.24, 2.45) is 0 Å². The molecule has 0 fully saturated rings. The second-order valence-corrected chi connectivity index (χ2v) is 7.34. The first-order valence-corrected chi connectivity index (χ1v) is 8.57. The largest absolute Gasteiger partial charge is 0.397 e. The summed E-state index contributed by atoms with van der Waals surface area (Å²) >= 11 is 4.74. The number of fused-ring (bicyclic) bond motifs is 1. The van der Waals surface area contributed by atoms with E-state index >= 15 is 0 Å². The van der Waals surface area contributed by atoms with E-state index in [1.54, 1.807) is 12.1 Å². The summed E-state index contributed by atoms with van der Waals surface area (Å²) in [4.78, 5) is 18.7. The van der Waals surface area contributed by atoms with Crippen LogP contribution >= 0.6 is 27.3 Å². The van der Waals surface area contributed by atoms with E-state index in [0.717, 1.165) is 20.4 Å². The number of benzene rings is 1. The fourth-order valence-electron chi connectivity index (χ4n) is 2.23. The van der Waals surface area contributed by atoms with Crippen LogP contribution in [0, 0.1) is 0 Å². The third-order valence-corrected chi connectivity index (χ3v) is 5.16. The molecule has 0 aliphatic rings. The van der Waals surface area contributed by atoms with Gasteiger partial charge in [0.2, 0.25) is 5.78 Å². The molecule has 0 aliphatic carbocycles. The first kappa shape index (κ1) is 15.2. The molecule has 1 aromatic carbocycles. The average molecular weight is 375 g/mol. The Hall–Kier alpha value is -1.72. The van der Waals surface area contributed by atoms with Crippen molar-refractivity contribution in [2.45, 2.75) is 19.8 Å². The molecule has 22 heavy (non-hydrogen) atoms. The average Bonchev–Trinajstić information content (AvgIpc) is 2.84. The third kappa shape index (κ3) is 2.66. The van der Waals surface area contributed by atoms with Crippen molar-refractivity contribution < 1.29 is 4.79 Å². The van der Waals surface area contributed by atoms with Crippen LogP contribution in [0.1, 0.15) is 40.7 Å². The second-order valence-electron chi connectivity index (χ2n) is 5.42. The molecule has 112 valence electrons. The Labute approximate surface area is 141 Å². The highest BCUT2D eigenvalue weighted by atomic mass is 79.9. The van der Waals surface area contributed by atoms with Crippen LogP contribution < -0.4 is 5.73 Å². The van der Waals surface area contributed by atoms with Gasteiger partial charge in [0, 0.05) is 21.1 Å². The van der Waals surface area contributed by atoms with E-state index in [0.29, 0.717) is 22.0 Å². The zero-order chi connectivity index (χ0) is 15.9. The predicted octanol–water partition coefficient (Wildman–Crippen LogP) is 5.00. The molecule has 3 nitrogen and oxygen atoms in total. The SMILES string of the molecule is CC(C)c1ccc2c(N)c(C(=O)c3ccc(Br)cc3)sc2n1. The number of halogens is 1. The number of thiophene rings is 1. The van der Waals surface area contributed by atoms with Gasteiger partial charge in [0.1, 0.15) is 9.71 Å². The van der Waals surface area contributed by atoms with Crippen LogP contribution in [0.25, 0.3) is 10.2 Å². The second kappa shape index (κ2) is 5.82. The molecule has 0 radical (unpaired) electrons. The van der Waals surface area contributed by atoms with Crippen LogP contribution in [0.3, 0.4) is 0 Å². The topological polar surface area (TPSA) is 56.0 Å². The minimum absolute atomic E-state index is 0.0564. The van der Waals surface area contributed by atoms with Crippen molar-refractivity contribution in [1.29, 1.82) is 0 Å². The number of nitrogens with zero attached hydrogens (tertiary/aromatic N) is 1. The molecular weight excluding hydrogens is 360 g/mol. The summed E-state index contributed by atoms with van der Waals surface area (Å²) in [6, 6.07) is 11.2. The van der Waals surface area contributed by atoms with Gasteiger partial charge in [-0.2, -0.15) is 0 Å². The summed E-state index contributed by atoms with van der Waals surface area (Å²) in [5.74, 6) is 0.289. The third-order valence-electron chi connectivity index (χ3n) is 3.52. The van der Waals surface area contributed by atoms with Crippen molar-refractivity contribution in [3.63, 3.8) is 0 Å². The van der Waals surface area contributed by atoms with Crippen LogP contribution in [0.15, 0.2) is 40.9 Å². The summed E-state index contributed by atoms with van der Waals surface area (Å²) in [5, 5.41) is 0.856. The summed E-state index contributed by atoms with van der Waals surface area (Å²) in [6.07, 6.45) is 0. The number of carbonyl (C=O) groups is 1. The number of rotatable bonds is 3. The molecule has 3 rings (SSSR count). The Morgan fingerprint density at radius 2 is 1.86 bits per heavy atom. The van der Waals surface area contributed by atoms with Crippen LogP contribution in [0.5, 0.6) is 0 Å². The van der Waals surface area contributed by atoms with Crippen molar-refractivity contribution in [3.8, 4) is 0 Å². The summed E-state index contributed by atoms with van der Waals surface area (Å²) < 4.78 is 0.941. The lowest BCUT2D eigenvalue weighted by atomic mass is 10.1. The molecular formula is C17H15BrN2OS. The highest BCUT2D eigenvalue weighted by Gasteiger charge is 2.19. The normalized spacial score (nSPS) is 11.3. The maximum Gasteiger partial charge on any atom is 0.205 e. The van der Waals surface area contributed by atoms with E-state index in [1.165, 1.54) is 11.3 Å². The van der Waals surface area contributed by atoms with Gasteiger partial charge in [-0.25, -0.2) is 4.98 Å². The molecule has 0 saturated heterocycles. The Kier molecular flexibility index (Phi) is 4.02. The number of anilines is 1. The molecule has 0 spiro atoms. The molecule has 3 aromatic rings. The van der Waals surface area contributed by atoms with Gasteiger partial charge in [-0.15, -0.1) is 11.3 Å². The van der Waals surface area contributed by atoms with E-state index in [2.05, 4.69) is 34.8 Å². The number of nitrogen functional groups attached to an aromatic ring is 1. The van der Waals surface area contributed by atoms with Gasteiger partial charge in [0.25, 0.3) is 0 Å². The van der Waals surface area contributed by atoms with E-state index in [1.807, 2.05) is 24.3 Å². The minimum Gasteiger partial charge on any atom is -0.397 e. The molecule has 0 bridgehead atoms. The van der Waals surface area contributed by atoms with E-state index < -0.39 is 0 Å². The Balaban J connectivity index is 2.08. The van der Waals surface area contributed by atoms with E-state index in [9.17, 15) is 4.79 Å². The van der Waals surface area contributed by atoms with Gasteiger partial charge in [-0.3, -0.25) is 4.79 Å². The molecule has 0 unspecified atom stereocenters. The molecule has 0 amide bonds. The number of hydrogen-bond donors (Lipinski definition) is 1. The van der Waals surface area contributed by atoms with E-state index in [-0.39, 0.29) is 5.78 Å². The lowest BCUT2D eigenvalue weighted by Crippen LogP contribution is -2.01. The fourth-order valence-corrected chi connectivity index (χ4v) is 3.56. The lowest BCUT2D eigenvalue weighted by molar-refractivity contribution is 0.104. The van der Waals surface area contributed by atoms with Gasteiger partial charge in [0.05, 0.1) is 5.69 Å². The van der Waals surface area contributed by atoms with Gasteiger partial charge in [-0.05, 0) is 42.3 Å². The van der Waals surface area contributed by atoms with Gasteiger partial charge >= 0.3 is 0 Å². The quantitative estimate of drug-likeness (QED) is 0.656. The maximum atomic E-state index is 12.7. The van der Waals surface area contributed by atoms with Crippen molar-refractivity contribution in [1.82, 2.24) is 4.98 Å². The first-order valence-electron chi connectivity index (χ1n) is 6.96. The number of nitrogens with two attached hydrogens (primary N) is 1. The molecule has 0 saturated carbocycles. The number of pyridine rings is 1. The van der Waals surface area contributed by atoms with Crippen LogP contribution in [0.4, 0.5) is 5.69 Å². The molecule has 2 heterocycles. The van der Waals surface area contributed by atoms with Crippen molar-refractivity contribution in [3.05, 3.63) is 57.0 Å². The molecule has 5 heteroatoms. The predicted molar refractivity (Wildman–Crippen MR) is 95.7 cm³/mol. The van der Waals surface area contributed by atoms with Crippen molar-refractivity contribution >= 4 is 49.0 Å². The first-order chi connectivity index (χ1) is 10.5. The zero-order valence-electron chi connectivity index (χ0n) is 12.3. The van der Waals surface area contributed by atoms with Crippen LogP contribution in [-0.4, -0.2) is 10.8 Å². The monoisotopic (exact) mass is 374 g/mol. The standard InChI is InChI=1S/C17H15BrN2OS/c1-9(2)13-8-7-12-14(19)16(22-17(12)20-13)15(21)10-3-5-11(18)6-4-10/h3-9H,19H2,1-2H3. The van der Waals surface area contributed by atoms with Gasteiger partial charge in [0.15, 0.2) is 0 Å². The Morgan fingerprint density at radius 1 is 1.18 bits per heavy atom. The minimum atomic E-state index is -0.0564. The molecule has 0 atom stereocenters. The van der Waals surface area contributed by atoms with Gasteiger partial charge < -0.3 is 5.73 Å². The number of hydrogen-bond acceptors (Lipinski definition) is 4. The number of aromatic nitrogens is 1. The Bertz CT molecular complexity index is 853. The fraction of sp³-hybridized carbons (Fsp3) is 0.176. The van der Waals surface area contributed by atoms with Crippen LogP contribution in [-0.2, 0) is 0 Å².